The summed E-state index contributed by atoms with van der Waals surface area (Å²) in [6, 6.07) is 17.7. The number of carbonyl (C=O) groups excluding carboxylic acids is 1. The lowest BCUT2D eigenvalue weighted by molar-refractivity contribution is -0.116. The zero-order valence-electron chi connectivity index (χ0n) is 11.7. The highest BCUT2D eigenvalue weighted by Crippen LogP contribution is 2.19. The summed E-state index contributed by atoms with van der Waals surface area (Å²) >= 11 is 0. The minimum Gasteiger partial charge on any atom is -0.330 e. The Morgan fingerprint density at radius 1 is 1.10 bits per heavy atom. The van der Waals surface area contributed by atoms with Gasteiger partial charge in [-0.25, -0.2) is 0 Å². The van der Waals surface area contributed by atoms with Crippen molar-refractivity contribution < 1.29 is 4.79 Å². The number of benzene rings is 2. The third kappa shape index (κ3) is 3.93. The van der Waals surface area contributed by atoms with Gasteiger partial charge >= 0.3 is 0 Å². The van der Waals surface area contributed by atoms with Gasteiger partial charge in [-0.15, -0.1) is 0 Å². The van der Waals surface area contributed by atoms with E-state index in [4.69, 9.17) is 5.73 Å². The number of rotatable bonds is 5. The second-order valence-corrected chi connectivity index (χ2v) is 4.96. The fourth-order valence-electron chi connectivity index (χ4n) is 2.14. The first-order valence-corrected chi connectivity index (χ1v) is 6.80. The van der Waals surface area contributed by atoms with E-state index in [2.05, 4.69) is 5.32 Å². The number of carbonyl (C=O) groups is 1. The van der Waals surface area contributed by atoms with Crippen LogP contribution in [-0.2, 0) is 4.79 Å². The van der Waals surface area contributed by atoms with Gasteiger partial charge in [0.15, 0.2) is 0 Å². The van der Waals surface area contributed by atoms with Crippen molar-refractivity contribution in [3.8, 4) is 0 Å². The summed E-state index contributed by atoms with van der Waals surface area (Å²) in [6.45, 7) is 2.48. The van der Waals surface area contributed by atoms with Crippen molar-refractivity contribution in [2.45, 2.75) is 19.3 Å². The Kier molecular flexibility index (Phi) is 4.91. The summed E-state index contributed by atoms with van der Waals surface area (Å²) in [5.41, 5.74) is 8.89. The molecule has 3 N–H and O–H groups in total. The Morgan fingerprint density at radius 2 is 1.75 bits per heavy atom. The average Bonchev–Trinajstić information content (AvgIpc) is 2.48. The summed E-state index contributed by atoms with van der Waals surface area (Å²) in [7, 11) is 0. The first-order chi connectivity index (χ1) is 9.69. The maximum Gasteiger partial charge on any atom is 0.225 e. The van der Waals surface area contributed by atoms with E-state index >= 15 is 0 Å². The predicted octanol–water partition coefficient (Wildman–Crippen LogP) is 3.07. The summed E-state index contributed by atoms with van der Waals surface area (Å²) in [5, 5.41) is 2.91. The van der Waals surface area contributed by atoms with Crippen LogP contribution < -0.4 is 11.1 Å². The van der Waals surface area contributed by atoms with Crippen LogP contribution in [-0.4, -0.2) is 12.5 Å². The van der Waals surface area contributed by atoms with E-state index in [-0.39, 0.29) is 11.8 Å². The van der Waals surface area contributed by atoms with Crippen LogP contribution in [0.25, 0.3) is 0 Å². The van der Waals surface area contributed by atoms with Gasteiger partial charge in [0.2, 0.25) is 5.91 Å². The van der Waals surface area contributed by atoms with Gasteiger partial charge in [-0.05, 0) is 31.2 Å². The molecule has 0 aromatic heterocycles. The van der Waals surface area contributed by atoms with Crippen LogP contribution in [0.3, 0.4) is 0 Å². The highest BCUT2D eigenvalue weighted by Gasteiger charge is 2.14. The predicted molar refractivity (Wildman–Crippen MR) is 82.7 cm³/mol. The minimum absolute atomic E-state index is 0.00634. The second kappa shape index (κ2) is 6.87. The molecule has 0 saturated carbocycles. The van der Waals surface area contributed by atoms with E-state index in [9.17, 15) is 4.79 Å². The van der Waals surface area contributed by atoms with Crippen molar-refractivity contribution in [2.75, 3.05) is 11.9 Å². The Morgan fingerprint density at radius 3 is 2.35 bits per heavy atom. The highest BCUT2D eigenvalue weighted by molar-refractivity contribution is 5.91. The zero-order valence-corrected chi connectivity index (χ0v) is 11.7. The summed E-state index contributed by atoms with van der Waals surface area (Å²) in [6.07, 6.45) is 0.397. The smallest absolute Gasteiger partial charge is 0.225 e. The summed E-state index contributed by atoms with van der Waals surface area (Å²) < 4.78 is 0. The third-order valence-electron chi connectivity index (χ3n) is 3.32. The van der Waals surface area contributed by atoms with Gasteiger partial charge in [0.1, 0.15) is 0 Å². The van der Waals surface area contributed by atoms with Crippen LogP contribution in [0.2, 0.25) is 0 Å². The molecule has 0 aliphatic carbocycles. The van der Waals surface area contributed by atoms with Gasteiger partial charge in [-0.1, -0.05) is 48.0 Å². The van der Waals surface area contributed by atoms with Gasteiger partial charge < -0.3 is 11.1 Å². The van der Waals surface area contributed by atoms with E-state index in [1.54, 1.807) is 0 Å². The van der Waals surface area contributed by atoms with Gasteiger partial charge in [0, 0.05) is 18.0 Å². The van der Waals surface area contributed by atoms with E-state index in [1.165, 1.54) is 5.56 Å². The van der Waals surface area contributed by atoms with Crippen LogP contribution in [0.5, 0.6) is 0 Å². The lowest BCUT2D eigenvalue weighted by atomic mass is 9.95. The van der Waals surface area contributed by atoms with Crippen LogP contribution in [0, 0.1) is 6.92 Å². The fraction of sp³-hybridized carbons (Fsp3) is 0.235. The largest absolute Gasteiger partial charge is 0.330 e. The maximum absolute atomic E-state index is 12.1. The molecule has 0 spiro atoms. The molecule has 1 atom stereocenters. The molecule has 0 radical (unpaired) electrons. The van der Waals surface area contributed by atoms with Gasteiger partial charge in [-0.3, -0.25) is 4.79 Å². The standard InChI is InChI=1S/C17H20N2O/c1-13-7-9-16(10-8-13)19-17(20)11-15(12-18)14-5-3-2-4-6-14/h2-10,15H,11-12,18H2,1H3,(H,19,20). The number of hydrogen-bond acceptors (Lipinski definition) is 2. The first-order valence-electron chi connectivity index (χ1n) is 6.80. The molecule has 1 unspecified atom stereocenters. The summed E-state index contributed by atoms with van der Waals surface area (Å²) in [5.74, 6) is 0.0507. The van der Waals surface area contributed by atoms with Gasteiger partial charge in [0.05, 0.1) is 0 Å². The average molecular weight is 268 g/mol. The van der Waals surface area contributed by atoms with Crippen LogP contribution in [0.4, 0.5) is 5.69 Å². The lowest BCUT2D eigenvalue weighted by Crippen LogP contribution is -2.20. The molecule has 20 heavy (non-hydrogen) atoms. The van der Waals surface area contributed by atoms with Gasteiger partial charge in [-0.2, -0.15) is 0 Å². The van der Waals surface area contributed by atoms with Crippen molar-refractivity contribution in [3.05, 3.63) is 65.7 Å². The molecule has 1 amide bonds. The van der Waals surface area contributed by atoms with E-state index in [0.717, 1.165) is 11.3 Å². The Hall–Kier alpha value is -2.13. The Bertz CT molecular complexity index is 549. The Balaban J connectivity index is 1.97. The first kappa shape index (κ1) is 14.3. The molecule has 0 heterocycles. The molecule has 0 aliphatic heterocycles. The number of aryl methyl sites for hydroxylation is 1. The molecule has 2 aromatic carbocycles. The van der Waals surface area contributed by atoms with Crippen molar-refractivity contribution in [1.82, 2.24) is 0 Å². The maximum atomic E-state index is 12.1. The monoisotopic (exact) mass is 268 g/mol. The Labute approximate surface area is 119 Å². The molecular weight excluding hydrogens is 248 g/mol. The van der Waals surface area contributed by atoms with Crippen molar-refractivity contribution in [2.24, 2.45) is 5.73 Å². The normalized spacial score (nSPS) is 11.9. The fourth-order valence-corrected chi connectivity index (χ4v) is 2.14. The van der Waals surface area contributed by atoms with Crippen molar-refractivity contribution >= 4 is 11.6 Å². The molecule has 0 fully saturated rings. The van der Waals surface area contributed by atoms with Crippen LogP contribution >= 0.6 is 0 Å². The molecule has 2 rings (SSSR count). The van der Waals surface area contributed by atoms with E-state index in [0.29, 0.717) is 13.0 Å². The van der Waals surface area contributed by atoms with E-state index in [1.807, 2.05) is 61.5 Å². The molecule has 3 nitrogen and oxygen atoms in total. The molecule has 0 saturated heterocycles. The molecule has 2 aromatic rings. The molecule has 3 heteroatoms. The van der Waals surface area contributed by atoms with Gasteiger partial charge in [0.25, 0.3) is 0 Å². The van der Waals surface area contributed by atoms with Crippen LogP contribution in [0.15, 0.2) is 54.6 Å². The number of nitrogens with two attached hydrogens (primary N) is 1. The number of nitrogens with one attached hydrogen (secondary N) is 1. The molecule has 0 aliphatic rings. The lowest BCUT2D eigenvalue weighted by Gasteiger charge is -2.15. The van der Waals surface area contributed by atoms with Crippen LogP contribution in [0.1, 0.15) is 23.5 Å². The summed E-state index contributed by atoms with van der Waals surface area (Å²) in [4.78, 5) is 12.1. The number of hydrogen-bond donors (Lipinski definition) is 2. The molecule has 104 valence electrons. The minimum atomic E-state index is -0.00634. The third-order valence-corrected chi connectivity index (χ3v) is 3.32. The topological polar surface area (TPSA) is 55.1 Å². The highest BCUT2D eigenvalue weighted by atomic mass is 16.1. The van der Waals surface area contributed by atoms with E-state index < -0.39 is 0 Å². The zero-order chi connectivity index (χ0) is 14.4. The van der Waals surface area contributed by atoms with Crippen molar-refractivity contribution in [1.29, 1.82) is 0 Å². The molecule has 0 bridgehead atoms. The quantitative estimate of drug-likeness (QED) is 0.875. The second-order valence-electron chi connectivity index (χ2n) is 4.96. The molecular formula is C17H20N2O. The van der Waals surface area contributed by atoms with Crippen molar-refractivity contribution in [3.63, 3.8) is 0 Å². The SMILES string of the molecule is Cc1ccc(NC(=O)CC(CN)c2ccccc2)cc1. The number of anilines is 1. The number of amides is 1.